The summed E-state index contributed by atoms with van der Waals surface area (Å²) in [6.45, 7) is 16.8. The fraction of sp³-hybridized carbons (Fsp3) is 0.528. The van der Waals surface area contributed by atoms with Crippen LogP contribution in [0.1, 0.15) is 121 Å². The van der Waals surface area contributed by atoms with E-state index in [2.05, 4.69) is 86.9 Å². The number of aryl methyl sites for hydroxylation is 1. The van der Waals surface area contributed by atoms with Crippen LogP contribution in [0.15, 0.2) is 41.7 Å². The van der Waals surface area contributed by atoms with Crippen molar-refractivity contribution in [2.75, 3.05) is 11.9 Å². The number of aromatic amines is 1. The zero-order chi connectivity index (χ0) is 30.5. The number of H-pyrrole nitrogens is 1. The molecule has 1 aromatic heterocycles. The quantitative estimate of drug-likeness (QED) is 0.143. The minimum Gasteiger partial charge on any atom is -0.466 e. The lowest BCUT2D eigenvalue weighted by atomic mass is 9.80. The molecule has 0 saturated heterocycles. The third-order valence-corrected chi connectivity index (χ3v) is 9.20. The van der Waals surface area contributed by atoms with E-state index in [9.17, 15) is 4.79 Å². The summed E-state index contributed by atoms with van der Waals surface area (Å²) in [5.41, 5.74) is 6.00. The van der Waals surface area contributed by atoms with Crippen LogP contribution in [0.5, 0.6) is 11.5 Å². The lowest BCUT2D eigenvalue weighted by Gasteiger charge is -2.38. The number of esters is 1. The van der Waals surface area contributed by atoms with Gasteiger partial charge in [0.1, 0.15) is 23.9 Å². The third kappa shape index (κ3) is 5.83. The summed E-state index contributed by atoms with van der Waals surface area (Å²) in [6, 6.07) is 9.06. The Labute approximate surface area is 255 Å². The van der Waals surface area contributed by atoms with Gasteiger partial charge in [0.05, 0.1) is 29.6 Å². The molecule has 43 heavy (non-hydrogen) atoms. The molecule has 0 radical (unpaired) electrons. The van der Waals surface area contributed by atoms with E-state index in [-0.39, 0.29) is 17.0 Å². The highest BCUT2D eigenvalue weighted by atomic mass is 16.5. The second kappa shape index (κ2) is 11.1. The molecule has 228 valence electrons. The van der Waals surface area contributed by atoms with E-state index in [0.29, 0.717) is 24.9 Å². The molecule has 3 aliphatic heterocycles. The van der Waals surface area contributed by atoms with Crippen LogP contribution in [0, 0.1) is 0 Å². The van der Waals surface area contributed by atoms with Crippen LogP contribution in [0.25, 0.3) is 5.57 Å². The zero-order valence-electron chi connectivity index (χ0n) is 26.9. The molecule has 2 N–H and O–H groups in total. The van der Waals surface area contributed by atoms with Gasteiger partial charge in [0, 0.05) is 40.6 Å². The van der Waals surface area contributed by atoms with Crippen LogP contribution in [0.2, 0.25) is 0 Å². The first-order valence-corrected chi connectivity index (χ1v) is 16.1. The Morgan fingerprint density at radius 1 is 1.02 bits per heavy atom. The van der Waals surface area contributed by atoms with Crippen LogP contribution < -0.4 is 25.2 Å². The molecule has 0 saturated carbocycles. The van der Waals surface area contributed by atoms with Gasteiger partial charge in [-0.3, -0.25) is 9.79 Å². The summed E-state index contributed by atoms with van der Waals surface area (Å²) < 4.78 is 14.2. The van der Waals surface area contributed by atoms with Gasteiger partial charge >= 0.3 is 5.97 Å². The van der Waals surface area contributed by atoms with Gasteiger partial charge in [0.2, 0.25) is 0 Å². The number of benzene rings is 2. The first kappa shape index (κ1) is 29.5. The van der Waals surface area contributed by atoms with Crippen molar-refractivity contribution in [3.63, 3.8) is 0 Å². The average molecular weight is 584 g/mol. The van der Waals surface area contributed by atoms with Crippen molar-refractivity contribution in [2.24, 2.45) is 4.99 Å². The summed E-state index contributed by atoms with van der Waals surface area (Å²) in [5.74, 6) is 3.53. The fourth-order valence-corrected chi connectivity index (χ4v) is 7.52. The summed E-state index contributed by atoms with van der Waals surface area (Å²) >= 11 is 0. The van der Waals surface area contributed by atoms with Crippen molar-refractivity contribution in [1.29, 1.82) is 0 Å². The predicted molar refractivity (Wildman–Crippen MR) is 169 cm³/mol. The van der Waals surface area contributed by atoms with Crippen LogP contribution in [-0.2, 0) is 16.1 Å². The molecule has 0 spiro atoms. The number of anilines is 1. The standard InChI is InChI=1S/C36H46N4O3/c1-8-42-32(41)12-10-9-11-14-40-15-13-37-34(40)33-26-16-24-22(2)20-35(4,5)38-28(24)18-30(26)43-31-19-29-25(17-27(31)33)23(3)21-36(6,7)39-29/h13,15-19,22-23H,8-12,14,20-21H2,1-7H3,(H,38,39)/p+1. The van der Waals surface area contributed by atoms with Gasteiger partial charge in [-0.15, -0.1) is 0 Å². The van der Waals surface area contributed by atoms with E-state index in [0.717, 1.165) is 77.8 Å². The molecule has 0 aliphatic carbocycles. The number of rotatable bonds is 8. The predicted octanol–water partition coefficient (Wildman–Crippen LogP) is 6.38. The molecule has 2 aromatic carbocycles. The molecule has 0 fully saturated rings. The highest BCUT2D eigenvalue weighted by molar-refractivity contribution is 5.84. The van der Waals surface area contributed by atoms with E-state index in [1.165, 1.54) is 16.7 Å². The Kier molecular flexibility index (Phi) is 7.64. The molecule has 0 bridgehead atoms. The van der Waals surface area contributed by atoms with Crippen molar-refractivity contribution in [3.8, 4) is 11.5 Å². The van der Waals surface area contributed by atoms with Crippen molar-refractivity contribution >= 4 is 17.2 Å². The lowest BCUT2D eigenvalue weighted by molar-refractivity contribution is -0.698. The van der Waals surface area contributed by atoms with E-state index in [1.807, 2.05) is 13.1 Å². The van der Waals surface area contributed by atoms with Gasteiger partial charge in [-0.1, -0.05) is 13.8 Å². The highest BCUT2D eigenvalue weighted by Crippen LogP contribution is 2.45. The van der Waals surface area contributed by atoms with Crippen molar-refractivity contribution in [2.45, 2.75) is 116 Å². The van der Waals surface area contributed by atoms with Crippen LogP contribution in [-0.4, -0.2) is 28.6 Å². The number of nitrogens with one attached hydrogen (secondary N) is 2. The van der Waals surface area contributed by atoms with E-state index >= 15 is 0 Å². The number of hydrogen-bond acceptors (Lipinski definition) is 5. The number of ether oxygens (including phenoxy) is 2. The van der Waals surface area contributed by atoms with Gasteiger partial charge in [0.25, 0.3) is 5.82 Å². The minimum absolute atomic E-state index is 0.0230. The maximum Gasteiger partial charge on any atom is 0.305 e. The molecule has 2 atom stereocenters. The zero-order valence-corrected chi connectivity index (χ0v) is 26.9. The van der Waals surface area contributed by atoms with Gasteiger partial charge in [-0.25, -0.2) is 9.55 Å². The van der Waals surface area contributed by atoms with Crippen LogP contribution in [0.4, 0.5) is 5.69 Å². The number of aromatic nitrogens is 2. The van der Waals surface area contributed by atoms with Gasteiger partial charge in [0.15, 0.2) is 0 Å². The Morgan fingerprint density at radius 3 is 2.60 bits per heavy atom. The molecule has 4 heterocycles. The Hall–Kier alpha value is -3.61. The smallest absolute Gasteiger partial charge is 0.305 e. The number of unbranched alkanes of at least 4 members (excludes halogenated alkanes) is 2. The Balaban J connectivity index is 1.46. The largest absolute Gasteiger partial charge is 0.466 e. The maximum atomic E-state index is 11.8. The molecule has 2 unspecified atom stereocenters. The van der Waals surface area contributed by atoms with Crippen LogP contribution in [0.3, 0.4) is 0 Å². The number of carbonyl (C=O) groups is 1. The topological polar surface area (TPSA) is 79.6 Å². The monoisotopic (exact) mass is 583 g/mol. The molecule has 3 aromatic rings. The van der Waals surface area contributed by atoms with Crippen molar-refractivity contribution in [3.05, 3.63) is 69.7 Å². The van der Waals surface area contributed by atoms with Crippen molar-refractivity contribution in [1.82, 2.24) is 4.98 Å². The van der Waals surface area contributed by atoms with Gasteiger partial charge in [-0.2, -0.15) is 0 Å². The van der Waals surface area contributed by atoms with E-state index in [1.54, 1.807) is 0 Å². The molecular formula is C36H47N4O3+. The first-order valence-electron chi connectivity index (χ1n) is 16.1. The summed E-state index contributed by atoms with van der Waals surface area (Å²) in [6.07, 6.45) is 9.52. The first-order chi connectivity index (χ1) is 20.4. The average Bonchev–Trinajstić information content (AvgIpc) is 3.37. The number of nitrogens with zero attached hydrogens (tertiary/aromatic N) is 2. The fourth-order valence-electron chi connectivity index (χ4n) is 7.52. The molecule has 7 heteroatoms. The second-order valence-corrected chi connectivity index (χ2v) is 14.1. The highest BCUT2D eigenvalue weighted by Gasteiger charge is 2.35. The summed E-state index contributed by atoms with van der Waals surface area (Å²) in [5, 5.41) is 5.92. The number of fused-ring (bicyclic) bond motifs is 4. The molecule has 6 rings (SSSR count). The Morgan fingerprint density at radius 2 is 1.81 bits per heavy atom. The van der Waals surface area contributed by atoms with E-state index < -0.39 is 0 Å². The number of hydrogen-bond donors (Lipinski definition) is 2. The Bertz CT molecular complexity index is 1680. The molecular weight excluding hydrogens is 536 g/mol. The SMILES string of the molecule is CCOC(=O)CCCCC[n+]1cc[nH]c1C1=c2cc3c(cc2Oc2cc4c(cc21)C(C)CC(C)(C)N4)=NC(C)(C)CC3C. The normalized spacial score (nSPS) is 20.9. The van der Waals surface area contributed by atoms with E-state index in [4.69, 9.17) is 14.5 Å². The molecule has 0 amide bonds. The molecule has 7 nitrogen and oxygen atoms in total. The third-order valence-electron chi connectivity index (χ3n) is 9.20. The van der Waals surface area contributed by atoms with Gasteiger partial charge < -0.3 is 14.8 Å². The van der Waals surface area contributed by atoms with Crippen LogP contribution >= 0.6 is 0 Å². The summed E-state index contributed by atoms with van der Waals surface area (Å²) in [7, 11) is 0. The van der Waals surface area contributed by atoms with Crippen molar-refractivity contribution < 1.29 is 18.8 Å². The lowest BCUT2D eigenvalue weighted by Crippen LogP contribution is -2.39. The number of carbonyl (C=O) groups excluding carboxylic acids is 1. The molecule has 3 aliphatic rings. The van der Waals surface area contributed by atoms with Gasteiger partial charge in [-0.05, 0) is 102 Å². The maximum absolute atomic E-state index is 11.8. The minimum atomic E-state index is -0.105. The summed E-state index contributed by atoms with van der Waals surface area (Å²) in [4.78, 5) is 20.5. The number of imidazole rings is 1. The second-order valence-electron chi connectivity index (χ2n) is 14.1.